The van der Waals surface area contributed by atoms with Gasteiger partial charge in [-0.3, -0.25) is 4.79 Å². The number of aromatic nitrogens is 3. The predicted molar refractivity (Wildman–Crippen MR) is 66.4 cm³/mol. The molecule has 0 spiro atoms. The number of halogens is 3. The van der Waals surface area contributed by atoms with Crippen LogP contribution in [0.1, 0.15) is 30.7 Å². The Kier molecular flexibility index (Phi) is 3.30. The second kappa shape index (κ2) is 5.01. The van der Waals surface area contributed by atoms with E-state index in [2.05, 4.69) is 15.1 Å². The molecule has 1 fully saturated rings. The lowest BCUT2D eigenvalue weighted by molar-refractivity contribution is -0.138. The van der Waals surface area contributed by atoms with E-state index in [0.717, 1.165) is 18.9 Å². The first-order valence-corrected chi connectivity index (χ1v) is 6.57. The molecule has 1 aliphatic rings. The Hall–Kier alpha value is -2.12. The first kappa shape index (κ1) is 13.8. The van der Waals surface area contributed by atoms with Crippen molar-refractivity contribution in [3.63, 3.8) is 0 Å². The molecule has 1 saturated carbocycles. The lowest BCUT2D eigenvalue weighted by Crippen LogP contribution is -2.21. The number of pyridine rings is 1. The summed E-state index contributed by atoms with van der Waals surface area (Å²) in [6.45, 7) is 0. The molecular formula is C13H12F3N3O2. The van der Waals surface area contributed by atoms with Crippen molar-refractivity contribution >= 4 is 0 Å². The number of hydrogen-bond acceptors (Lipinski definition) is 4. The third kappa shape index (κ3) is 2.84. The second-order valence-electron chi connectivity index (χ2n) is 5.13. The summed E-state index contributed by atoms with van der Waals surface area (Å²) in [7, 11) is 0. The van der Waals surface area contributed by atoms with Crippen LogP contribution in [0.25, 0.3) is 11.6 Å². The quantitative estimate of drug-likeness (QED) is 0.946. The van der Waals surface area contributed by atoms with Gasteiger partial charge in [-0.25, -0.2) is 0 Å². The van der Waals surface area contributed by atoms with Crippen molar-refractivity contribution in [3.05, 3.63) is 33.9 Å². The lowest BCUT2D eigenvalue weighted by Gasteiger charge is -2.23. The number of aromatic amines is 1. The smallest absolute Gasteiger partial charge is 0.332 e. The highest BCUT2D eigenvalue weighted by atomic mass is 19.4. The minimum Gasteiger partial charge on any atom is -0.332 e. The minimum absolute atomic E-state index is 0.0233. The topological polar surface area (TPSA) is 71.8 Å². The Labute approximate surface area is 117 Å². The van der Waals surface area contributed by atoms with Gasteiger partial charge >= 0.3 is 6.18 Å². The Bertz CT molecular complexity index is 701. The van der Waals surface area contributed by atoms with Gasteiger partial charge in [-0.15, -0.1) is 0 Å². The molecule has 0 radical (unpaired) electrons. The fraction of sp³-hybridized carbons (Fsp3) is 0.462. The standard InChI is InChI=1S/C13H12F3N3O2/c14-13(15,16)8-4-5-9(17-11(8)20)12-18-10(19-21-12)6-7-2-1-3-7/h4-5,7H,1-3,6H2,(H,17,20). The highest BCUT2D eigenvalue weighted by Gasteiger charge is 2.34. The fourth-order valence-electron chi connectivity index (χ4n) is 2.22. The molecule has 5 nitrogen and oxygen atoms in total. The molecule has 0 aromatic carbocycles. The molecule has 0 amide bonds. The van der Waals surface area contributed by atoms with Crippen LogP contribution in [0.15, 0.2) is 21.5 Å². The van der Waals surface area contributed by atoms with Crippen molar-refractivity contribution in [3.8, 4) is 11.6 Å². The van der Waals surface area contributed by atoms with Gasteiger partial charge < -0.3 is 9.51 Å². The van der Waals surface area contributed by atoms with Crippen molar-refractivity contribution in [2.45, 2.75) is 31.9 Å². The number of alkyl halides is 3. The molecule has 1 N–H and O–H groups in total. The molecule has 1 aliphatic carbocycles. The van der Waals surface area contributed by atoms with Gasteiger partial charge in [0.15, 0.2) is 5.82 Å². The van der Waals surface area contributed by atoms with E-state index in [9.17, 15) is 18.0 Å². The molecule has 2 aromatic rings. The predicted octanol–water partition coefficient (Wildman–Crippen LogP) is 2.79. The molecule has 2 aromatic heterocycles. The van der Waals surface area contributed by atoms with Crippen LogP contribution in [-0.2, 0) is 12.6 Å². The van der Waals surface area contributed by atoms with E-state index in [1.54, 1.807) is 0 Å². The van der Waals surface area contributed by atoms with E-state index < -0.39 is 17.3 Å². The number of rotatable bonds is 3. The van der Waals surface area contributed by atoms with E-state index in [1.807, 2.05) is 0 Å². The number of H-pyrrole nitrogens is 1. The van der Waals surface area contributed by atoms with Crippen molar-refractivity contribution in [1.82, 2.24) is 15.1 Å². The molecule has 0 saturated heterocycles. The average Bonchev–Trinajstić information content (AvgIpc) is 2.80. The third-order valence-corrected chi connectivity index (χ3v) is 3.61. The maximum absolute atomic E-state index is 12.5. The van der Waals surface area contributed by atoms with E-state index in [-0.39, 0.29) is 11.6 Å². The van der Waals surface area contributed by atoms with Gasteiger partial charge in [-0.05, 0) is 18.1 Å². The summed E-state index contributed by atoms with van der Waals surface area (Å²) in [6, 6.07) is 1.83. The van der Waals surface area contributed by atoms with E-state index in [4.69, 9.17) is 4.52 Å². The zero-order chi connectivity index (χ0) is 15.0. The fourth-order valence-corrected chi connectivity index (χ4v) is 2.22. The first-order chi connectivity index (χ1) is 9.93. The third-order valence-electron chi connectivity index (χ3n) is 3.61. The largest absolute Gasteiger partial charge is 0.421 e. The molecule has 0 bridgehead atoms. The molecule has 21 heavy (non-hydrogen) atoms. The van der Waals surface area contributed by atoms with Gasteiger partial charge in [-0.2, -0.15) is 18.2 Å². The summed E-state index contributed by atoms with van der Waals surface area (Å²) in [5.74, 6) is 1.08. The van der Waals surface area contributed by atoms with Crippen LogP contribution in [0.5, 0.6) is 0 Å². The normalized spacial score (nSPS) is 16.0. The van der Waals surface area contributed by atoms with Gasteiger partial charge in [0, 0.05) is 6.42 Å². The monoisotopic (exact) mass is 299 g/mol. The van der Waals surface area contributed by atoms with Crippen molar-refractivity contribution in [1.29, 1.82) is 0 Å². The van der Waals surface area contributed by atoms with Crippen molar-refractivity contribution in [2.24, 2.45) is 5.92 Å². The van der Waals surface area contributed by atoms with Crippen LogP contribution >= 0.6 is 0 Å². The molecule has 2 heterocycles. The Morgan fingerprint density at radius 2 is 2.10 bits per heavy atom. The Balaban J connectivity index is 1.83. The second-order valence-corrected chi connectivity index (χ2v) is 5.13. The summed E-state index contributed by atoms with van der Waals surface area (Å²) < 4.78 is 42.5. The SMILES string of the molecule is O=c1[nH]c(-c2nc(CC3CCC3)no2)ccc1C(F)(F)F. The van der Waals surface area contributed by atoms with E-state index in [1.165, 1.54) is 6.42 Å². The zero-order valence-corrected chi connectivity index (χ0v) is 10.9. The van der Waals surface area contributed by atoms with Crippen molar-refractivity contribution in [2.75, 3.05) is 0 Å². The first-order valence-electron chi connectivity index (χ1n) is 6.57. The maximum atomic E-state index is 12.5. The van der Waals surface area contributed by atoms with Gasteiger partial charge in [0.05, 0.1) is 0 Å². The maximum Gasteiger partial charge on any atom is 0.421 e. The summed E-state index contributed by atoms with van der Waals surface area (Å²) in [6.07, 6.45) is -0.547. The number of nitrogens with zero attached hydrogens (tertiary/aromatic N) is 2. The van der Waals surface area contributed by atoms with Gasteiger partial charge in [0.2, 0.25) is 0 Å². The molecule has 3 rings (SSSR count). The van der Waals surface area contributed by atoms with E-state index in [0.29, 0.717) is 24.2 Å². The number of nitrogens with one attached hydrogen (secondary N) is 1. The highest BCUT2D eigenvalue weighted by molar-refractivity contribution is 5.46. The Morgan fingerprint density at radius 3 is 2.67 bits per heavy atom. The molecule has 0 atom stereocenters. The average molecular weight is 299 g/mol. The molecule has 0 aliphatic heterocycles. The van der Waals surface area contributed by atoms with Gasteiger partial charge in [0.1, 0.15) is 11.3 Å². The van der Waals surface area contributed by atoms with Crippen molar-refractivity contribution < 1.29 is 17.7 Å². The summed E-state index contributed by atoms with van der Waals surface area (Å²) in [4.78, 5) is 17.7. The lowest BCUT2D eigenvalue weighted by atomic mass is 9.83. The van der Waals surface area contributed by atoms with Crippen LogP contribution in [0.4, 0.5) is 13.2 Å². The molecule has 112 valence electrons. The van der Waals surface area contributed by atoms with Gasteiger partial charge in [0.25, 0.3) is 11.4 Å². The van der Waals surface area contributed by atoms with Crippen LogP contribution in [-0.4, -0.2) is 15.1 Å². The van der Waals surface area contributed by atoms with Crippen LogP contribution < -0.4 is 5.56 Å². The zero-order valence-electron chi connectivity index (χ0n) is 10.9. The van der Waals surface area contributed by atoms with Crippen LogP contribution in [0, 0.1) is 5.92 Å². The van der Waals surface area contributed by atoms with E-state index >= 15 is 0 Å². The summed E-state index contributed by atoms with van der Waals surface area (Å²) in [5.41, 5.74) is -2.39. The minimum atomic E-state index is -4.68. The van der Waals surface area contributed by atoms with Crippen LogP contribution in [0.2, 0.25) is 0 Å². The number of hydrogen-bond donors (Lipinski definition) is 1. The Morgan fingerprint density at radius 1 is 1.33 bits per heavy atom. The highest BCUT2D eigenvalue weighted by Crippen LogP contribution is 2.30. The molecule has 8 heteroatoms. The van der Waals surface area contributed by atoms with Crippen LogP contribution in [0.3, 0.4) is 0 Å². The molecule has 0 unspecified atom stereocenters. The summed E-state index contributed by atoms with van der Waals surface area (Å²) in [5, 5.41) is 3.78. The van der Waals surface area contributed by atoms with Gasteiger partial charge in [-0.1, -0.05) is 24.4 Å². The summed E-state index contributed by atoms with van der Waals surface area (Å²) >= 11 is 0. The molecular weight excluding hydrogens is 287 g/mol.